The quantitative estimate of drug-likeness (QED) is 0.325. The van der Waals surface area contributed by atoms with Crippen molar-refractivity contribution in [3.63, 3.8) is 0 Å². The van der Waals surface area contributed by atoms with Crippen LogP contribution in [0.15, 0.2) is 64.1 Å². The minimum Gasteiger partial charge on any atom is -0.507 e. The van der Waals surface area contributed by atoms with Crippen LogP contribution in [0.5, 0.6) is 5.75 Å². The van der Waals surface area contributed by atoms with Crippen LogP contribution in [0.1, 0.15) is 48.6 Å². The third kappa shape index (κ3) is 3.84. The second kappa shape index (κ2) is 8.31. The van der Waals surface area contributed by atoms with Crippen molar-refractivity contribution >= 4 is 28.8 Å². The fourth-order valence-corrected chi connectivity index (χ4v) is 4.56. The Hall–Kier alpha value is -3.32. The van der Waals surface area contributed by atoms with Gasteiger partial charge in [-0.05, 0) is 46.7 Å². The third-order valence-corrected chi connectivity index (χ3v) is 6.44. The van der Waals surface area contributed by atoms with Crippen molar-refractivity contribution in [3.8, 4) is 5.75 Å². The van der Waals surface area contributed by atoms with Gasteiger partial charge in [0.05, 0.1) is 31.1 Å². The van der Waals surface area contributed by atoms with E-state index in [2.05, 4.69) is 20.8 Å². The molecule has 1 fully saturated rings. The molecule has 1 amide bonds. The van der Waals surface area contributed by atoms with Crippen LogP contribution in [0.2, 0.25) is 0 Å². The minimum absolute atomic E-state index is 0.00846. The Morgan fingerprint density at radius 1 is 1.19 bits per heavy atom. The van der Waals surface area contributed by atoms with E-state index in [1.807, 2.05) is 23.6 Å². The number of amides is 1. The molecular weight excluding hydrogens is 426 g/mol. The van der Waals surface area contributed by atoms with Crippen LogP contribution in [0.25, 0.3) is 5.76 Å². The number of nitrogens with zero attached hydrogens (tertiary/aromatic N) is 1. The fraction of sp³-hybridized carbons (Fsp3) is 0.280. The predicted octanol–water partition coefficient (Wildman–Crippen LogP) is 5.27. The highest BCUT2D eigenvalue weighted by molar-refractivity contribution is 7.09. The molecule has 0 spiro atoms. The van der Waals surface area contributed by atoms with Gasteiger partial charge in [-0.25, -0.2) is 0 Å². The predicted molar refractivity (Wildman–Crippen MR) is 123 cm³/mol. The lowest BCUT2D eigenvalue weighted by Crippen LogP contribution is -2.28. The molecule has 6 nitrogen and oxygen atoms in total. The lowest BCUT2D eigenvalue weighted by atomic mass is 9.85. The zero-order chi connectivity index (χ0) is 23.0. The summed E-state index contributed by atoms with van der Waals surface area (Å²) in [7, 11) is 1.50. The average Bonchev–Trinajstić information content (AvgIpc) is 3.51. The van der Waals surface area contributed by atoms with E-state index < -0.39 is 17.7 Å². The van der Waals surface area contributed by atoms with Gasteiger partial charge in [-0.3, -0.25) is 9.59 Å². The SMILES string of the molecule is COc1ccc(C(C)(C)C)cc1/C(O)=C1\C(=O)C(=O)N(Cc2cccs2)C1c1ccco1. The van der Waals surface area contributed by atoms with E-state index in [-0.39, 0.29) is 23.3 Å². The highest BCUT2D eigenvalue weighted by Crippen LogP contribution is 2.42. The van der Waals surface area contributed by atoms with Gasteiger partial charge in [-0.2, -0.15) is 0 Å². The van der Waals surface area contributed by atoms with E-state index in [4.69, 9.17) is 9.15 Å². The number of aliphatic hydroxyl groups is 1. The average molecular weight is 452 g/mol. The number of hydrogen-bond acceptors (Lipinski definition) is 6. The van der Waals surface area contributed by atoms with Gasteiger partial charge in [0.2, 0.25) is 0 Å². The number of rotatable bonds is 5. The molecule has 32 heavy (non-hydrogen) atoms. The van der Waals surface area contributed by atoms with Gasteiger partial charge in [0, 0.05) is 4.88 Å². The number of Topliss-reactive ketones (excluding diaryl/α,β-unsaturated/α-hetero) is 1. The summed E-state index contributed by atoms with van der Waals surface area (Å²) in [6, 6.07) is 11.8. The summed E-state index contributed by atoms with van der Waals surface area (Å²) in [5.74, 6) is -0.872. The van der Waals surface area contributed by atoms with Crippen molar-refractivity contribution in [1.29, 1.82) is 0 Å². The van der Waals surface area contributed by atoms with Gasteiger partial charge >= 0.3 is 0 Å². The number of likely N-dealkylation sites (tertiary alicyclic amines) is 1. The number of aliphatic hydroxyl groups excluding tert-OH is 1. The second-order valence-corrected chi connectivity index (χ2v) is 9.72. The first-order chi connectivity index (χ1) is 15.2. The van der Waals surface area contributed by atoms with Crippen LogP contribution in [0.4, 0.5) is 0 Å². The van der Waals surface area contributed by atoms with Crippen molar-refractivity contribution in [3.05, 3.63) is 81.4 Å². The van der Waals surface area contributed by atoms with Crippen LogP contribution in [-0.2, 0) is 21.5 Å². The van der Waals surface area contributed by atoms with Gasteiger partial charge < -0.3 is 19.2 Å². The minimum atomic E-state index is -0.838. The molecule has 0 radical (unpaired) electrons. The van der Waals surface area contributed by atoms with Crippen LogP contribution in [0.3, 0.4) is 0 Å². The summed E-state index contributed by atoms with van der Waals surface area (Å²) >= 11 is 1.49. The number of carbonyl (C=O) groups is 2. The Bertz CT molecular complexity index is 1170. The van der Waals surface area contributed by atoms with Crippen LogP contribution < -0.4 is 4.74 Å². The highest BCUT2D eigenvalue weighted by atomic mass is 32.1. The molecule has 1 aliphatic rings. The lowest BCUT2D eigenvalue weighted by Gasteiger charge is -2.24. The Morgan fingerprint density at radius 3 is 2.56 bits per heavy atom. The second-order valence-electron chi connectivity index (χ2n) is 8.69. The molecule has 166 valence electrons. The maximum absolute atomic E-state index is 13.2. The summed E-state index contributed by atoms with van der Waals surface area (Å²) < 4.78 is 11.1. The van der Waals surface area contributed by atoms with Gasteiger partial charge in [-0.1, -0.05) is 32.9 Å². The number of furan rings is 1. The molecule has 2 aromatic heterocycles. The molecule has 1 saturated heterocycles. The van der Waals surface area contributed by atoms with Crippen molar-refractivity contribution < 1.29 is 23.8 Å². The highest BCUT2D eigenvalue weighted by Gasteiger charge is 2.47. The number of ether oxygens (including phenoxy) is 1. The van der Waals surface area contributed by atoms with Crippen LogP contribution >= 0.6 is 11.3 Å². The largest absolute Gasteiger partial charge is 0.507 e. The smallest absolute Gasteiger partial charge is 0.296 e. The number of carbonyl (C=O) groups excluding carboxylic acids is 2. The Kier molecular flexibility index (Phi) is 5.69. The molecule has 1 aromatic carbocycles. The molecule has 3 heterocycles. The summed E-state index contributed by atoms with van der Waals surface area (Å²) in [5.41, 5.74) is 1.13. The molecule has 1 aliphatic heterocycles. The van der Waals surface area contributed by atoms with Gasteiger partial charge in [-0.15, -0.1) is 11.3 Å². The number of benzene rings is 1. The van der Waals surface area contributed by atoms with Crippen LogP contribution in [-0.4, -0.2) is 28.8 Å². The van der Waals surface area contributed by atoms with Crippen molar-refractivity contribution in [2.45, 2.75) is 38.8 Å². The lowest BCUT2D eigenvalue weighted by molar-refractivity contribution is -0.140. The number of ketones is 1. The molecule has 0 saturated carbocycles. The van der Waals surface area contributed by atoms with Gasteiger partial charge in [0.15, 0.2) is 0 Å². The first-order valence-electron chi connectivity index (χ1n) is 10.3. The molecular formula is C25H25NO5S. The van der Waals surface area contributed by atoms with Crippen molar-refractivity contribution in [1.82, 2.24) is 4.90 Å². The number of methoxy groups -OCH3 is 1. The monoisotopic (exact) mass is 451 g/mol. The molecule has 4 rings (SSSR count). The molecule has 7 heteroatoms. The van der Waals surface area contributed by atoms with Gasteiger partial charge in [0.25, 0.3) is 11.7 Å². The molecule has 1 N–H and O–H groups in total. The first kappa shape index (κ1) is 21.9. The van der Waals surface area contributed by atoms with E-state index in [0.29, 0.717) is 17.1 Å². The molecule has 0 bridgehead atoms. The number of hydrogen-bond donors (Lipinski definition) is 1. The molecule has 0 aliphatic carbocycles. The van der Waals surface area contributed by atoms with Gasteiger partial charge in [0.1, 0.15) is 23.3 Å². The fourth-order valence-electron chi connectivity index (χ4n) is 3.86. The maximum atomic E-state index is 13.2. The Labute approximate surface area is 190 Å². The third-order valence-electron chi connectivity index (χ3n) is 5.58. The van der Waals surface area contributed by atoms with E-state index in [0.717, 1.165) is 10.4 Å². The zero-order valence-electron chi connectivity index (χ0n) is 18.4. The van der Waals surface area contributed by atoms with E-state index >= 15 is 0 Å². The number of thiophene rings is 1. The molecule has 3 aromatic rings. The zero-order valence-corrected chi connectivity index (χ0v) is 19.2. The normalized spacial score (nSPS) is 18.4. The Balaban J connectivity index is 1.90. The van der Waals surface area contributed by atoms with Crippen LogP contribution in [0, 0.1) is 0 Å². The summed E-state index contributed by atoms with van der Waals surface area (Å²) in [5, 5.41) is 13.3. The topological polar surface area (TPSA) is 80.0 Å². The van der Waals surface area contributed by atoms with E-state index in [1.54, 1.807) is 24.3 Å². The summed E-state index contributed by atoms with van der Waals surface area (Å²) in [4.78, 5) is 28.6. The molecule has 1 unspecified atom stereocenters. The maximum Gasteiger partial charge on any atom is 0.296 e. The first-order valence-corrected chi connectivity index (χ1v) is 11.1. The Morgan fingerprint density at radius 2 is 1.97 bits per heavy atom. The molecule has 1 atom stereocenters. The van der Waals surface area contributed by atoms with E-state index in [1.165, 1.54) is 29.6 Å². The van der Waals surface area contributed by atoms with Crippen molar-refractivity contribution in [2.75, 3.05) is 7.11 Å². The van der Waals surface area contributed by atoms with Crippen molar-refractivity contribution in [2.24, 2.45) is 0 Å². The summed E-state index contributed by atoms with van der Waals surface area (Å²) in [6.45, 7) is 6.41. The standard InChI is InChI=1S/C25H25NO5S/c1-25(2,3)15-9-10-18(30-4)17(13-15)22(27)20-21(19-8-5-11-31-19)26(24(29)23(20)28)14-16-7-6-12-32-16/h5-13,21,27H,14H2,1-4H3/b22-20+. The van der Waals surface area contributed by atoms with E-state index in [9.17, 15) is 14.7 Å². The summed E-state index contributed by atoms with van der Waals surface area (Å²) in [6.07, 6.45) is 1.49.